The van der Waals surface area contributed by atoms with Crippen molar-refractivity contribution in [3.63, 3.8) is 0 Å². The number of halogens is 6. The number of rotatable bonds is 5. The molecule has 0 bridgehead atoms. The van der Waals surface area contributed by atoms with Crippen LogP contribution in [0.1, 0.15) is 45.7 Å². The van der Waals surface area contributed by atoms with Gasteiger partial charge in [-0.15, -0.1) is 0 Å². The van der Waals surface area contributed by atoms with E-state index in [1.54, 1.807) is 31.3 Å². The van der Waals surface area contributed by atoms with Crippen LogP contribution in [-0.4, -0.2) is 25.8 Å². The molecule has 0 spiro atoms. The van der Waals surface area contributed by atoms with Gasteiger partial charge in [0.1, 0.15) is 5.69 Å². The Morgan fingerprint density at radius 2 is 1.83 bits per heavy atom. The third-order valence-electron chi connectivity index (χ3n) is 5.43. The summed E-state index contributed by atoms with van der Waals surface area (Å²) in [4.78, 5) is 16.8. The van der Waals surface area contributed by atoms with Gasteiger partial charge < -0.3 is 9.84 Å². The van der Waals surface area contributed by atoms with E-state index < -0.39 is 41.0 Å². The number of hydrogen-bond acceptors (Lipinski definition) is 5. The van der Waals surface area contributed by atoms with E-state index in [-0.39, 0.29) is 17.4 Å². The fourth-order valence-corrected chi connectivity index (χ4v) is 3.57. The molecule has 0 saturated heterocycles. The number of nitrogens with one attached hydrogen (secondary N) is 1. The molecule has 0 aliphatic rings. The van der Waals surface area contributed by atoms with Gasteiger partial charge in [-0.25, -0.2) is 0 Å². The quantitative estimate of drug-likeness (QED) is 0.327. The summed E-state index contributed by atoms with van der Waals surface area (Å²) in [5, 5.41) is 10.3. The number of nitrogens with zero attached hydrogens (tertiary/aromatic N) is 4. The number of anilines is 1. The van der Waals surface area contributed by atoms with Gasteiger partial charge in [-0.3, -0.25) is 14.5 Å². The molecule has 7 nitrogen and oxygen atoms in total. The molecule has 4 aromatic rings. The van der Waals surface area contributed by atoms with Crippen molar-refractivity contribution in [1.29, 1.82) is 0 Å². The summed E-state index contributed by atoms with van der Waals surface area (Å²) in [6, 6.07) is 5.46. The van der Waals surface area contributed by atoms with Gasteiger partial charge in [0.2, 0.25) is 0 Å². The molecule has 13 heteroatoms. The maximum Gasteiger partial charge on any atom is 0.416 e. The third kappa shape index (κ3) is 4.95. The van der Waals surface area contributed by atoms with E-state index in [4.69, 9.17) is 4.52 Å². The van der Waals surface area contributed by atoms with E-state index in [0.717, 1.165) is 10.7 Å². The van der Waals surface area contributed by atoms with Crippen molar-refractivity contribution in [2.45, 2.75) is 32.2 Å². The van der Waals surface area contributed by atoms with Crippen LogP contribution in [0.4, 0.5) is 32.0 Å². The molecule has 3 aromatic heterocycles. The minimum absolute atomic E-state index is 0.0291. The predicted molar refractivity (Wildman–Crippen MR) is 115 cm³/mol. The van der Waals surface area contributed by atoms with Crippen LogP contribution in [0.5, 0.6) is 0 Å². The lowest BCUT2D eigenvalue weighted by molar-refractivity contribution is -0.143. The minimum atomic E-state index is -5.02. The topological polar surface area (TPSA) is 85.8 Å². The molecule has 188 valence electrons. The second-order valence-electron chi connectivity index (χ2n) is 7.84. The highest BCUT2D eigenvalue weighted by molar-refractivity contribution is 6.04. The molecule has 1 amide bonds. The molecule has 3 heterocycles. The number of hydrogen-bond donors (Lipinski definition) is 1. The van der Waals surface area contributed by atoms with Gasteiger partial charge in [-0.2, -0.15) is 31.4 Å². The minimum Gasteiger partial charge on any atom is -0.354 e. The van der Waals surface area contributed by atoms with Gasteiger partial charge in [0.05, 0.1) is 29.1 Å². The summed E-state index contributed by atoms with van der Waals surface area (Å²) in [6.07, 6.45) is -5.95. The van der Waals surface area contributed by atoms with Crippen molar-refractivity contribution in [1.82, 2.24) is 19.9 Å². The average Bonchev–Trinajstić information content (AvgIpc) is 3.44. The highest BCUT2D eigenvalue weighted by Crippen LogP contribution is 2.40. The van der Waals surface area contributed by atoms with Gasteiger partial charge in [0.15, 0.2) is 11.5 Å². The zero-order valence-electron chi connectivity index (χ0n) is 18.6. The number of amides is 1. The number of carbonyl (C=O) groups excluding carboxylic acids is 1. The van der Waals surface area contributed by atoms with Crippen LogP contribution in [0, 0.1) is 6.92 Å². The van der Waals surface area contributed by atoms with Crippen LogP contribution in [0.3, 0.4) is 0 Å². The Morgan fingerprint density at radius 3 is 2.47 bits per heavy atom. The first-order valence-electron chi connectivity index (χ1n) is 10.4. The van der Waals surface area contributed by atoms with Gasteiger partial charge in [0.25, 0.3) is 5.91 Å². The summed E-state index contributed by atoms with van der Waals surface area (Å²) < 4.78 is 85.9. The zero-order valence-corrected chi connectivity index (χ0v) is 18.6. The first-order valence-corrected chi connectivity index (χ1v) is 10.4. The predicted octanol–water partition coefficient (Wildman–Crippen LogP) is 6.14. The van der Waals surface area contributed by atoms with E-state index in [1.807, 2.05) is 0 Å². The maximum atomic E-state index is 13.5. The van der Waals surface area contributed by atoms with E-state index in [9.17, 15) is 31.1 Å². The van der Waals surface area contributed by atoms with Gasteiger partial charge in [-0.05, 0) is 43.7 Å². The van der Waals surface area contributed by atoms with Crippen molar-refractivity contribution in [3.8, 4) is 11.5 Å². The second-order valence-corrected chi connectivity index (χ2v) is 7.84. The zero-order chi connectivity index (χ0) is 26.3. The van der Waals surface area contributed by atoms with Crippen LogP contribution >= 0.6 is 0 Å². The summed E-state index contributed by atoms with van der Waals surface area (Å²) in [7, 11) is 0. The monoisotopic (exact) mass is 509 g/mol. The third-order valence-corrected chi connectivity index (χ3v) is 5.43. The van der Waals surface area contributed by atoms with E-state index in [0.29, 0.717) is 23.1 Å². The Bertz CT molecular complexity index is 1390. The smallest absolute Gasteiger partial charge is 0.354 e. The molecule has 36 heavy (non-hydrogen) atoms. The summed E-state index contributed by atoms with van der Waals surface area (Å²) in [5.74, 6) is -0.358. The Balaban J connectivity index is 1.57. The molecule has 1 aromatic carbocycles. The Labute approximate surface area is 199 Å². The van der Waals surface area contributed by atoms with Gasteiger partial charge in [0, 0.05) is 18.0 Å². The van der Waals surface area contributed by atoms with Crippen LogP contribution in [0.2, 0.25) is 0 Å². The Kier molecular flexibility index (Phi) is 6.33. The number of alkyl halides is 6. The molecule has 1 atom stereocenters. The van der Waals surface area contributed by atoms with Crippen LogP contribution < -0.4 is 5.32 Å². The lowest BCUT2D eigenvalue weighted by atomic mass is 9.98. The molecule has 0 saturated carbocycles. The number of aromatic nitrogens is 4. The molecule has 4 rings (SSSR count). The second kappa shape index (κ2) is 9.13. The molecule has 0 fully saturated rings. The first-order chi connectivity index (χ1) is 16.9. The molecular weight excluding hydrogens is 492 g/mol. The lowest BCUT2D eigenvalue weighted by Crippen LogP contribution is -2.18. The molecule has 1 N–H and O–H groups in total. The van der Waals surface area contributed by atoms with E-state index in [1.165, 1.54) is 19.3 Å². The first kappa shape index (κ1) is 24.9. The van der Waals surface area contributed by atoms with Crippen molar-refractivity contribution in [2.24, 2.45) is 0 Å². The number of benzene rings is 1. The Hall–Kier alpha value is -4.16. The van der Waals surface area contributed by atoms with Crippen LogP contribution in [0.25, 0.3) is 11.5 Å². The fraction of sp³-hybridized carbons (Fsp3) is 0.217. The maximum absolute atomic E-state index is 13.5. The normalized spacial score (nSPS) is 13.0. The average molecular weight is 509 g/mol. The summed E-state index contributed by atoms with van der Waals surface area (Å²) >= 11 is 0. The van der Waals surface area contributed by atoms with Crippen molar-refractivity contribution in [3.05, 3.63) is 82.9 Å². The Morgan fingerprint density at radius 1 is 1.08 bits per heavy atom. The molecule has 0 radical (unpaired) electrons. The molecule has 0 aliphatic carbocycles. The number of pyridine rings is 1. The van der Waals surface area contributed by atoms with Crippen LogP contribution in [0.15, 0.2) is 59.5 Å². The fourth-order valence-electron chi connectivity index (χ4n) is 3.57. The SMILES string of the molecule is Cc1c(C(=O)Nc2cnn([C@H](C)c3ccc(C(F)(F)F)cc3C(F)(F)F)c2)noc1-c1ccccn1. The van der Waals surface area contributed by atoms with Crippen molar-refractivity contribution < 1.29 is 35.7 Å². The van der Waals surface area contributed by atoms with Crippen LogP contribution in [-0.2, 0) is 12.4 Å². The summed E-state index contributed by atoms with van der Waals surface area (Å²) in [5.41, 5.74) is -2.25. The lowest BCUT2D eigenvalue weighted by Gasteiger charge is -2.20. The summed E-state index contributed by atoms with van der Waals surface area (Å²) in [6.45, 7) is 2.96. The highest BCUT2D eigenvalue weighted by Gasteiger charge is 2.39. The standard InChI is InChI=1S/C23H17F6N5O2/c1-12-19(33-36-20(12)18-5-3-4-8-30-18)21(35)32-15-10-31-34(11-15)13(2)16-7-6-14(22(24,25)26)9-17(16)23(27,28)29/h3-11,13H,1-2H3,(H,32,35)/t13-/m1/s1. The van der Waals surface area contributed by atoms with Crippen molar-refractivity contribution in [2.75, 3.05) is 5.32 Å². The van der Waals surface area contributed by atoms with Gasteiger partial charge >= 0.3 is 12.4 Å². The van der Waals surface area contributed by atoms with E-state index in [2.05, 4.69) is 20.6 Å². The molecular formula is C23H17F6N5O2. The molecule has 0 unspecified atom stereocenters. The van der Waals surface area contributed by atoms with Gasteiger partial charge in [-0.1, -0.05) is 17.3 Å². The highest BCUT2D eigenvalue weighted by atomic mass is 19.4. The van der Waals surface area contributed by atoms with Crippen molar-refractivity contribution >= 4 is 11.6 Å². The number of carbonyl (C=O) groups is 1. The molecule has 0 aliphatic heterocycles. The van der Waals surface area contributed by atoms with E-state index >= 15 is 0 Å². The largest absolute Gasteiger partial charge is 0.416 e.